The standard InChI is InChI=1S/C12H16N4O4/c1-15(2)12(18)8-14-11(17)7-13-9-4-3-5-10(6-9)16(19)20/h3-6,13H,7-8H2,1-2H3,(H,14,17). The minimum Gasteiger partial charge on any atom is -0.376 e. The summed E-state index contributed by atoms with van der Waals surface area (Å²) in [6.07, 6.45) is 0. The van der Waals surface area contributed by atoms with E-state index in [1.54, 1.807) is 20.2 Å². The van der Waals surface area contributed by atoms with Gasteiger partial charge in [0.15, 0.2) is 0 Å². The van der Waals surface area contributed by atoms with E-state index in [9.17, 15) is 19.7 Å². The Morgan fingerprint density at radius 2 is 2.00 bits per heavy atom. The molecular formula is C12H16N4O4. The van der Waals surface area contributed by atoms with Crippen molar-refractivity contribution in [1.82, 2.24) is 10.2 Å². The molecule has 1 aromatic carbocycles. The van der Waals surface area contributed by atoms with Gasteiger partial charge in [-0.2, -0.15) is 0 Å². The SMILES string of the molecule is CN(C)C(=O)CNC(=O)CNc1cccc([N+](=O)[O-])c1. The number of nitro benzene ring substituents is 1. The first-order chi connectivity index (χ1) is 9.40. The molecule has 8 nitrogen and oxygen atoms in total. The highest BCUT2D eigenvalue weighted by Gasteiger charge is 2.08. The molecule has 0 atom stereocenters. The maximum Gasteiger partial charge on any atom is 0.271 e. The van der Waals surface area contributed by atoms with E-state index in [0.29, 0.717) is 5.69 Å². The second-order valence-corrected chi connectivity index (χ2v) is 4.23. The number of benzene rings is 1. The zero-order valence-corrected chi connectivity index (χ0v) is 11.3. The van der Waals surface area contributed by atoms with Gasteiger partial charge in [-0.3, -0.25) is 19.7 Å². The molecule has 0 saturated heterocycles. The average Bonchev–Trinajstić information content (AvgIpc) is 2.42. The quantitative estimate of drug-likeness (QED) is 0.572. The predicted molar refractivity (Wildman–Crippen MR) is 73.3 cm³/mol. The molecule has 0 aliphatic rings. The van der Waals surface area contributed by atoms with Crippen LogP contribution in [0.5, 0.6) is 0 Å². The molecule has 0 saturated carbocycles. The van der Waals surface area contributed by atoms with Crippen LogP contribution in [0.1, 0.15) is 0 Å². The van der Waals surface area contributed by atoms with Gasteiger partial charge < -0.3 is 15.5 Å². The van der Waals surface area contributed by atoms with Gasteiger partial charge in [-0.1, -0.05) is 6.07 Å². The molecule has 2 amide bonds. The number of nitrogens with one attached hydrogen (secondary N) is 2. The van der Waals surface area contributed by atoms with E-state index in [2.05, 4.69) is 10.6 Å². The molecule has 0 unspecified atom stereocenters. The number of likely N-dealkylation sites (N-methyl/N-ethyl adjacent to an activating group) is 1. The predicted octanol–water partition coefficient (Wildman–Crippen LogP) is 0.211. The lowest BCUT2D eigenvalue weighted by Gasteiger charge is -2.11. The number of carbonyl (C=O) groups excluding carboxylic acids is 2. The van der Waals surface area contributed by atoms with E-state index < -0.39 is 4.92 Å². The topological polar surface area (TPSA) is 105 Å². The molecule has 0 aromatic heterocycles. The van der Waals surface area contributed by atoms with Crippen molar-refractivity contribution in [3.05, 3.63) is 34.4 Å². The van der Waals surface area contributed by atoms with Gasteiger partial charge in [0, 0.05) is 31.9 Å². The third-order valence-corrected chi connectivity index (χ3v) is 2.45. The number of rotatable bonds is 6. The first-order valence-electron chi connectivity index (χ1n) is 5.85. The highest BCUT2D eigenvalue weighted by Crippen LogP contribution is 2.16. The van der Waals surface area contributed by atoms with Crippen molar-refractivity contribution in [2.24, 2.45) is 0 Å². The summed E-state index contributed by atoms with van der Waals surface area (Å²) in [6, 6.07) is 5.83. The van der Waals surface area contributed by atoms with Crippen molar-refractivity contribution in [3.63, 3.8) is 0 Å². The molecule has 0 aliphatic carbocycles. The largest absolute Gasteiger partial charge is 0.376 e. The maximum absolute atomic E-state index is 11.5. The number of hydrogen-bond acceptors (Lipinski definition) is 5. The van der Waals surface area contributed by atoms with Crippen LogP contribution in [-0.4, -0.2) is 48.8 Å². The van der Waals surface area contributed by atoms with Gasteiger partial charge in [0.25, 0.3) is 5.69 Å². The summed E-state index contributed by atoms with van der Waals surface area (Å²) in [4.78, 5) is 34.2. The molecule has 0 radical (unpaired) electrons. The van der Waals surface area contributed by atoms with Crippen LogP contribution < -0.4 is 10.6 Å². The molecule has 0 fully saturated rings. The number of nitrogens with zero attached hydrogens (tertiary/aromatic N) is 2. The zero-order valence-electron chi connectivity index (χ0n) is 11.3. The lowest BCUT2D eigenvalue weighted by atomic mass is 10.3. The average molecular weight is 280 g/mol. The number of nitro groups is 1. The van der Waals surface area contributed by atoms with Crippen molar-refractivity contribution < 1.29 is 14.5 Å². The van der Waals surface area contributed by atoms with Crippen LogP contribution in [0.3, 0.4) is 0 Å². The fourth-order valence-electron chi connectivity index (χ4n) is 1.31. The van der Waals surface area contributed by atoms with E-state index in [-0.39, 0.29) is 30.6 Å². The molecule has 108 valence electrons. The van der Waals surface area contributed by atoms with Crippen molar-refractivity contribution >= 4 is 23.2 Å². The molecule has 1 rings (SSSR count). The Bertz CT molecular complexity index is 516. The van der Waals surface area contributed by atoms with Gasteiger partial charge in [0.05, 0.1) is 18.0 Å². The third-order valence-electron chi connectivity index (χ3n) is 2.45. The molecule has 20 heavy (non-hydrogen) atoms. The Labute approximate surface area is 115 Å². The first-order valence-corrected chi connectivity index (χ1v) is 5.85. The Morgan fingerprint density at radius 1 is 1.30 bits per heavy atom. The van der Waals surface area contributed by atoms with Crippen molar-refractivity contribution in [2.75, 3.05) is 32.5 Å². The summed E-state index contributed by atoms with van der Waals surface area (Å²) in [5.41, 5.74) is 0.409. The van der Waals surface area contributed by atoms with Gasteiger partial charge in [-0.05, 0) is 6.07 Å². The van der Waals surface area contributed by atoms with E-state index in [0.717, 1.165) is 0 Å². The number of hydrogen-bond donors (Lipinski definition) is 2. The van der Waals surface area contributed by atoms with E-state index >= 15 is 0 Å². The Hall–Kier alpha value is -2.64. The van der Waals surface area contributed by atoms with E-state index in [1.807, 2.05) is 0 Å². The van der Waals surface area contributed by atoms with Crippen molar-refractivity contribution in [1.29, 1.82) is 0 Å². The molecule has 0 bridgehead atoms. The van der Waals surface area contributed by atoms with Gasteiger partial charge in [-0.15, -0.1) is 0 Å². The van der Waals surface area contributed by atoms with Crippen molar-refractivity contribution in [2.45, 2.75) is 0 Å². The zero-order chi connectivity index (χ0) is 15.1. The lowest BCUT2D eigenvalue weighted by molar-refractivity contribution is -0.384. The molecule has 0 heterocycles. The highest BCUT2D eigenvalue weighted by molar-refractivity contribution is 5.86. The second kappa shape index (κ2) is 7.07. The van der Waals surface area contributed by atoms with Crippen LogP contribution in [-0.2, 0) is 9.59 Å². The van der Waals surface area contributed by atoms with Crippen LogP contribution >= 0.6 is 0 Å². The Morgan fingerprint density at radius 3 is 2.60 bits per heavy atom. The molecule has 8 heteroatoms. The Kier molecular flexibility index (Phi) is 5.45. The van der Waals surface area contributed by atoms with Crippen LogP contribution in [0, 0.1) is 10.1 Å². The van der Waals surface area contributed by atoms with Crippen LogP contribution in [0.4, 0.5) is 11.4 Å². The maximum atomic E-state index is 11.5. The summed E-state index contributed by atoms with van der Waals surface area (Å²) in [5.74, 6) is -0.583. The smallest absolute Gasteiger partial charge is 0.271 e. The minimum absolute atomic E-state index is 0.0572. The summed E-state index contributed by atoms with van der Waals surface area (Å²) in [7, 11) is 3.19. The summed E-state index contributed by atoms with van der Waals surface area (Å²) < 4.78 is 0. The number of non-ortho nitro benzene ring substituents is 1. The normalized spacial score (nSPS) is 9.70. The lowest BCUT2D eigenvalue weighted by Crippen LogP contribution is -2.38. The van der Waals surface area contributed by atoms with Gasteiger partial charge in [0.1, 0.15) is 0 Å². The second-order valence-electron chi connectivity index (χ2n) is 4.23. The molecule has 2 N–H and O–H groups in total. The van der Waals surface area contributed by atoms with Gasteiger partial charge in [-0.25, -0.2) is 0 Å². The van der Waals surface area contributed by atoms with Crippen LogP contribution in [0.2, 0.25) is 0 Å². The molecule has 0 aliphatic heterocycles. The summed E-state index contributed by atoms with van der Waals surface area (Å²) in [6.45, 7) is -0.148. The molecular weight excluding hydrogens is 264 g/mol. The first kappa shape index (κ1) is 15.4. The fraction of sp³-hybridized carbons (Fsp3) is 0.333. The molecule has 0 spiro atoms. The van der Waals surface area contributed by atoms with Crippen molar-refractivity contribution in [3.8, 4) is 0 Å². The van der Waals surface area contributed by atoms with Gasteiger partial charge >= 0.3 is 0 Å². The minimum atomic E-state index is -0.513. The Balaban J connectivity index is 2.43. The number of amides is 2. The monoisotopic (exact) mass is 280 g/mol. The number of carbonyl (C=O) groups is 2. The highest BCUT2D eigenvalue weighted by atomic mass is 16.6. The third kappa shape index (κ3) is 4.92. The summed E-state index contributed by atoms with van der Waals surface area (Å²) in [5, 5.41) is 15.8. The van der Waals surface area contributed by atoms with Gasteiger partial charge in [0.2, 0.25) is 11.8 Å². The fourth-order valence-corrected chi connectivity index (χ4v) is 1.31. The summed E-state index contributed by atoms with van der Waals surface area (Å²) >= 11 is 0. The van der Waals surface area contributed by atoms with Crippen LogP contribution in [0.25, 0.3) is 0 Å². The number of anilines is 1. The van der Waals surface area contributed by atoms with E-state index in [4.69, 9.17) is 0 Å². The van der Waals surface area contributed by atoms with Crippen LogP contribution in [0.15, 0.2) is 24.3 Å². The van der Waals surface area contributed by atoms with E-state index in [1.165, 1.54) is 23.1 Å². The molecule has 1 aromatic rings.